The maximum Gasteiger partial charge on any atom is 0.307 e. The van der Waals surface area contributed by atoms with E-state index in [1.165, 1.54) is 0 Å². The lowest BCUT2D eigenvalue weighted by Gasteiger charge is -2.34. The first kappa shape index (κ1) is 13.8. The van der Waals surface area contributed by atoms with Gasteiger partial charge in [-0.1, -0.05) is 0 Å². The number of ether oxygens (including phenoxy) is 1. The molecule has 2 heterocycles. The summed E-state index contributed by atoms with van der Waals surface area (Å²) in [6.07, 6.45) is 0.755. The van der Waals surface area contributed by atoms with Crippen molar-refractivity contribution in [3.63, 3.8) is 0 Å². The Labute approximate surface area is 109 Å². The van der Waals surface area contributed by atoms with Gasteiger partial charge in [0.15, 0.2) is 0 Å². The van der Waals surface area contributed by atoms with Crippen LogP contribution in [-0.2, 0) is 9.53 Å². The quantitative estimate of drug-likeness (QED) is 0.794. The van der Waals surface area contributed by atoms with Crippen molar-refractivity contribution >= 4 is 5.97 Å². The molecule has 104 valence electrons. The van der Waals surface area contributed by atoms with E-state index in [-0.39, 0.29) is 11.5 Å². The van der Waals surface area contributed by atoms with Gasteiger partial charge in [-0.3, -0.25) is 14.6 Å². The van der Waals surface area contributed by atoms with Gasteiger partial charge in [-0.05, 0) is 20.3 Å². The Morgan fingerprint density at radius 1 is 1.33 bits per heavy atom. The molecule has 0 aromatic carbocycles. The van der Waals surface area contributed by atoms with Crippen molar-refractivity contribution in [2.24, 2.45) is 5.92 Å². The third-order valence-electron chi connectivity index (χ3n) is 4.18. The maximum atomic E-state index is 11.1. The molecule has 2 aliphatic rings. The van der Waals surface area contributed by atoms with Crippen molar-refractivity contribution in [2.45, 2.75) is 25.8 Å². The van der Waals surface area contributed by atoms with E-state index in [2.05, 4.69) is 23.6 Å². The number of aliphatic carboxylic acids is 1. The third-order valence-corrected chi connectivity index (χ3v) is 4.18. The number of rotatable bonds is 4. The Balaban J connectivity index is 1.82. The summed E-state index contributed by atoms with van der Waals surface area (Å²) in [5.41, 5.74) is 0.00927. The van der Waals surface area contributed by atoms with E-state index in [0.717, 1.165) is 45.8 Å². The summed E-state index contributed by atoms with van der Waals surface area (Å²) in [4.78, 5) is 15.8. The number of carboxylic acids is 1. The Hall–Kier alpha value is -0.650. The zero-order valence-electron chi connectivity index (χ0n) is 11.4. The first-order chi connectivity index (χ1) is 8.49. The Bertz CT molecular complexity index is 301. The summed E-state index contributed by atoms with van der Waals surface area (Å²) in [6, 6.07) is 0. The van der Waals surface area contributed by atoms with Crippen LogP contribution in [0.1, 0.15) is 20.3 Å². The van der Waals surface area contributed by atoms with Crippen LogP contribution in [0.5, 0.6) is 0 Å². The predicted octanol–water partition coefficient (Wildman–Crippen LogP) is 0.504. The minimum atomic E-state index is -0.656. The molecule has 2 rings (SSSR count). The van der Waals surface area contributed by atoms with Crippen LogP contribution in [-0.4, -0.2) is 72.4 Å². The van der Waals surface area contributed by atoms with Gasteiger partial charge >= 0.3 is 5.97 Å². The fraction of sp³-hybridized carbons (Fsp3) is 0.923. The molecule has 0 saturated carbocycles. The Morgan fingerprint density at radius 3 is 2.56 bits per heavy atom. The molecule has 0 aliphatic carbocycles. The van der Waals surface area contributed by atoms with E-state index in [1.807, 2.05) is 0 Å². The van der Waals surface area contributed by atoms with E-state index < -0.39 is 5.97 Å². The molecule has 2 saturated heterocycles. The predicted molar refractivity (Wildman–Crippen MR) is 68.7 cm³/mol. The molecular weight excluding hydrogens is 232 g/mol. The first-order valence-electron chi connectivity index (χ1n) is 6.77. The van der Waals surface area contributed by atoms with Crippen molar-refractivity contribution in [2.75, 3.05) is 45.9 Å². The average Bonchev–Trinajstić information content (AvgIpc) is 2.64. The molecule has 1 atom stereocenters. The van der Waals surface area contributed by atoms with Gasteiger partial charge in [-0.25, -0.2) is 0 Å². The summed E-state index contributed by atoms with van der Waals surface area (Å²) in [5, 5.41) is 9.13. The van der Waals surface area contributed by atoms with Gasteiger partial charge in [0.25, 0.3) is 0 Å². The van der Waals surface area contributed by atoms with Gasteiger partial charge in [0, 0.05) is 38.3 Å². The molecular formula is C13H24N2O3. The minimum Gasteiger partial charge on any atom is -0.481 e. The topological polar surface area (TPSA) is 53.0 Å². The lowest BCUT2D eigenvalue weighted by molar-refractivity contribution is -0.141. The summed E-state index contributed by atoms with van der Waals surface area (Å²) >= 11 is 0. The smallest absolute Gasteiger partial charge is 0.307 e. The summed E-state index contributed by atoms with van der Waals surface area (Å²) in [7, 11) is 0. The number of likely N-dealkylation sites (tertiary alicyclic amines) is 1. The molecule has 18 heavy (non-hydrogen) atoms. The summed E-state index contributed by atoms with van der Waals surface area (Å²) in [6.45, 7) is 10.6. The third kappa shape index (κ3) is 3.22. The van der Waals surface area contributed by atoms with Crippen molar-refractivity contribution in [1.29, 1.82) is 0 Å². The molecule has 0 aromatic heterocycles. The number of carboxylic acid groups (broad SMARTS) is 1. The number of hydrogen-bond acceptors (Lipinski definition) is 4. The van der Waals surface area contributed by atoms with Crippen LogP contribution < -0.4 is 0 Å². The molecule has 0 radical (unpaired) electrons. The first-order valence-corrected chi connectivity index (χ1v) is 6.77. The van der Waals surface area contributed by atoms with Crippen LogP contribution in [0.4, 0.5) is 0 Å². The molecule has 5 heteroatoms. The van der Waals surface area contributed by atoms with Crippen LogP contribution in [0.15, 0.2) is 0 Å². The molecule has 0 aromatic rings. The van der Waals surface area contributed by atoms with Gasteiger partial charge in [-0.15, -0.1) is 0 Å². The maximum absolute atomic E-state index is 11.1. The van der Waals surface area contributed by atoms with E-state index in [1.54, 1.807) is 0 Å². The molecule has 1 N–H and O–H groups in total. The van der Waals surface area contributed by atoms with Crippen molar-refractivity contribution < 1.29 is 14.6 Å². The summed E-state index contributed by atoms with van der Waals surface area (Å²) in [5.74, 6) is -0.860. The van der Waals surface area contributed by atoms with Crippen LogP contribution in [0, 0.1) is 5.92 Å². The molecule has 1 unspecified atom stereocenters. The molecule has 0 amide bonds. The van der Waals surface area contributed by atoms with Gasteiger partial charge in [0.1, 0.15) is 0 Å². The minimum absolute atomic E-state index is 0.00927. The average molecular weight is 256 g/mol. The number of hydrogen-bond donors (Lipinski definition) is 1. The highest BCUT2D eigenvalue weighted by Crippen LogP contribution is 2.32. The monoisotopic (exact) mass is 256 g/mol. The fourth-order valence-corrected chi connectivity index (χ4v) is 2.96. The van der Waals surface area contributed by atoms with E-state index >= 15 is 0 Å². The molecule has 5 nitrogen and oxygen atoms in total. The van der Waals surface area contributed by atoms with Crippen LogP contribution in [0.3, 0.4) is 0 Å². The standard InChI is InChI=1S/C13H24N2O3/c1-13(2)9-11(12(16)17)10-15(13)4-3-14-5-7-18-8-6-14/h11H,3-10H2,1-2H3,(H,16,17). The second-order valence-electron chi connectivity index (χ2n) is 5.95. The highest BCUT2D eigenvalue weighted by molar-refractivity contribution is 5.70. The SMILES string of the molecule is CC1(C)CC(C(=O)O)CN1CCN1CCOCC1. The summed E-state index contributed by atoms with van der Waals surface area (Å²) < 4.78 is 5.33. The van der Waals surface area contributed by atoms with Gasteiger partial charge < -0.3 is 9.84 Å². The highest BCUT2D eigenvalue weighted by atomic mass is 16.5. The number of nitrogens with zero attached hydrogens (tertiary/aromatic N) is 2. The molecule has 2 fully saturated rings. The van der Waals surface area contributed by atoms with Crippen molar-refractivity contribution in [3.8, 4) is 0 Å². The zero-order chi connectivity index (χ0) is 13.2. The van der Waals surface area contributed by atoms with Crippen LogP contribution in [0.2, 0.25) is 0 Å². The van der Waals surface area contributed by atoms with E-state index in [0.29, 0.717) is 6.54 Å². The molecule has 0 spiro atoms. The van der Waals surface area contributed by atoms with Crippen molar-refractivity contribution in [1.82, 2.24) is 9.80 Å². The van der Waals surface area contributed by atoms with E-state index in [4.69, 9.17) is 9.84 Å². The van der Waals surface area contributed by atoms with Gasteiger partial charge in [0.05, 0.1) is 19.1 Å². The Morgan fingerprint density at radius 2 is 2.00 bits per heavy atom. The normalized spacial score (nSPS) is 29.6. The van der Waals surface area contributed by atoms with Crippen LogP contribution in [0.25, 0.3) is 0 Å². The highest BCUT2D eigenvalue weighted by Gasteiger charge is 2.41. The lowest BCUT2D eigenvalue weighted by atomic mass is 9.96. The zero-order valence-corrected chi connectivity index (χ0v) is 11.4. The molecule has 0 bridgehead atoms. The number of carbonyl (C=O) groups is 1. The second kappa shape index (κ2) is 5.55. The largest absolute Gasteiger partial charge is 0.481 e. The van der Waals surface area contributed by atoms with Gasteiger partial charge in [0.2, 0.25) is 0 Å². The van der Waals surface area contributed by atoms with E-state index in [9.17, 15) is 4.79 Å². The fourth-order valence-electron chi connectivity index (χ4n) is 2.96. The number of morpholine rings is 1. The second-order valence-corrected chi connectivity index (χ2v) is 5.95. The lowest BCUT2D eigenvalue weighted by Crippen LogP contribution is -2.45. The Kier molecular flexibility index (Phi) is 4.25. The van der Waals surface area contributed by atoms with Crippen molar-refractivity contribution in [3.05, 3.63) is 0 Å². The van der Waals surface area contributed by atoms with Gasteiger partial charge in [-0.2, -0.15) is 0 Å². The van der Waals surface area contributed by atoms with Crippen LogP contribution >= 0.6 is 0 Å². The molecule has 2 aliphatic heterocycles.